The summed E-state index contributed by atoms with van der Waals surface area (Å²) < 4.78 is 9.33. The first-order valence-corrected chi connectivity index (χ1v) is 3.25. The van der Waals surface area contributed by atoms with Crippen LogP contribution in [0.25, 0.3) is 0 Å². The van der Waals surface area contributed by atoms with Gasteiger partial charge >= 0.3 is 5.97 Å². The molecule has 0 saturated heterocycles. The third kappa shape index (κ3) is 4.72. The Balaban J connectivity index is 3.60. The number of ether oxygens (including phenoxy) is 2. The van der Waals surface area contributed by atoms with Gasteiger partial charge in [0, 0.05) is 7.11 Å². The quantitative estimate of drug-likeness (QED) is 0.511. The van der Waals surface area contributed by atoms with Crippen molar-refractivity contribution in [3.63, 3.8) is 0 Å². The molecular formula is C6H13NO4. The highest BCUT2D eigenvalue weighted by Crippen LogP contribution is 1.96. The molecule has 11 heavy (non-hydrogen) atoms. The van der Waals surface area contributed by atoms with Crippen LogP contribution in [0.4, 0.5) is 0 Å². The number of hydrogen-bond acceptors (Lipinski definition) is 4. The van der Waals surface area contributed by atoms with E-state index in [1.165, 1.54) is 7.11 Å². The molecule has 0 aromatic carbocycles. The van der Waals surface area contributed by atoms with E-state index in [1.807, 2.05) is 0 Å². The maximum atomic E-state index is 10.4. The van der Waals surface area contributed by atoms with E-state index in [2.05, 4.69) is 4.74 Å². The molecule has 0 spiro atoms. The predicted octanol–water partition coefficient (Wildman–Crippen LogP) is -0.591. The highest BCUT2D eigenvalue weighted by molar-refractivity contribution is 5.72. The fraction of sp³-hybridized carbons (Fsp3) is 0.833. The first-order valence-electron chi connectivity index (χ1n) is 3.25. The molecule has 0 radical (unpaired) electrons. The van der Waals surface area contributed by atoms with Gasteiger partial charge in [0.1, 0.15) is 6.79 Å². The molecule has 0 amide bonds. The Bertz CT molecular complexity index is 117. The van der Waals surface area contributed by atoms with Gasteiger partial charge in [-0.2, -0.15) is 0 Å². The van der Waals surface area contributed by atoms with Crippen molar-refractivity contribution in [2.45, 2.75) is 12.5 Å². The first kappa shape index (κ1) is 10.3. The van der Waals surface area contributed by atoms with Crippen LogP contribution in [0.2, 0.25) is 0 Å². The molecule has 0 aliphatic rings. The number of carbonyl (C=O) groups is 1. The second-order valence-corrected chi connectivity index (χ2v) is 1.98. The van der Waals surface area contributed by atoms with Gasteiger partial charge in [-0.15, -0.1) is 0 Å². The normalized spacial score (nSPS) is 12.9. The zero-order valence-electron chi connectivity index (χ0n) is 6.45. The molecule has 0 saturated carbocycles. The summed E-state index contributed by atoms with van der Waals surface area (Å²) in [5.41, 5.74) is 5.15. The molecule has 1 atom stereocenters. The molecule has 5 heteroatoms. The molecule has 0 fully saturated rings. The number of methoxy groups -OCH3 is 1. The molecule has 5 nitrogen and oxygen atoms in total. The van der Waals surface area contributed by atoms with Crippen LogP contribution >= 0.6 is 0 Å². The second kappa shape index (κ2) is 6.09. The average Bonchev–Trinajstić information content (AvgIpc) is 1.97. The molecule has 0 aliphatic carbocycles. The van der Waals surface area contributed by atoms with Gasteiger partial charge in [0.15, 0.2) is 6.10 Å². The summed E-state index contributed by atoms with van der Waals surface area (Å²) in [6.45, 7) is 0.275. The lowest BCUT2D eigenvalue weighted by Gasteiger charge is -2.10. The lowest BCUT2D eigenvalue weighted by atomic mass is 10.2. The molecule has 0 unspecified atom stereocenters. The molecule has 0 aliphatic heterocycles. The maximum Gasteiger partial charge on any atom is 0.332 e. The number of hydrogen-bond donors (Lipinski definition) is 2. The van der Waals surface area contributed by atoms with E-state index in [0.29, 0.717) is 13.0 Å². The lowest BCUT2D eigenvalue weighted by molar-refractivity contribution is -0.159. The van der Waals surface area contributed by atoms with Gasteiger partial charge in [-0.3, -0.25) is 0 Å². The average molecular weight is 163 g/mol. The Morgan fingerprint density at radius 3 is 2.73 bits per heavy atom. The molecule has 66 valence electrons. The number of rotatable bonds is 6. The second-order valence-electron chi connectivity index (χ2n) is 1.98. The molecular weight excluding hydrogens is 150 g/mol. The van der Waals surface area contributed by atoms with Crippen LogP contribution < -0.4 is 5.73 Å². The largest absolute Gasteiger partial charge is 0.479 e. The number of carboxylic acids is 1. The van der Waals surface area contributed by atoms with Gasteiger partial charge in [-0.05, 0) is 13.0 Å². The van der Waals surface area contributed by atoms with Crippen molar-refractivity contribution >= 4 is 5.97 Å². The Hall–Kier alpha value is -0.650. The van der Waals surface area contributed by atoms with Gasteiger partial charge < -0.3 is 20.3 Å². The SMILES string of the molecule is COCO[C@@H](CCN)C(=O)O. The van der Waals surface area contributed by atoms with Gasteiger partial charge in [0.25, 0.3) is 0 Å². The van der Waals surface area contributed by atoms with Crippen LogP contribution in [0, 0.1) is 0 Å². The molecule has 0 aromatic rings. The third-order valence-corrected chi connectivity index (χ3v) is 1.09. The molecule has 0 bridgehead atoms. The van der Waals surface area contributed by atoms with E-state index in [-0.39, 0.29) is 6.79 Å². The van der Waals surface area contributed by atoms with Crippen molar-refractivity contribution in [1.82, 2.24) is 0 Å². The van der Waals surface area contributed by atoms with E-state index in [4.69, 9.17) is 15.6 Å². The van der Waals surface area contributed by atoms with E-state index in [9.17, 15) is 4.79 Å². The predicted molar refractivity (Wildman–Crippen MR) is 38.1 cm³/mol. The summed E-state index contributed by atoms with van der Waals surface area (Å²) in [6.07, 6.45) is -0.543. The first-order chi connectivity index (χ1) is 5.22. The van der Waals surface area contributed by atoms with Crippen molar-refractivity contribution in [2.75, 3.05) is 20.4 Å². The molecule has 0 rings (SSSR count). The smallest absolute Gasteiger partial charge is 0.332 e. The summed E-state index contributed by atoms with van der Waals surface area (Å²) in [6, 6.07) is 0. The van der Waals surface area contributed by atoms with Crippen LogP contribution in [0.1, 0.15) is 6.42 Å². The van der Waals surface area contributed by atoms with Gasteiger partial charge in [0.05, 0.1) is 0 Å². The van der Waals surface area contributed by atoms with E-state index < -0.39 is 12.1 Å². The Morgan fingerprint density at radius 1 is 1.73 bits per heavy atom. The number of aliphatic carboxylic acids is 1. The summed E-state index contributed by atoms with van der Waals surface area (Å²) in [7, 11) is 1.43. The topological polar surface area (TPSA) is 81.8 Å². The highest BCUT2D eigenvalue weighted by atomic mass is 16.7. The van der Waals surface area contributed by atoms with Crippen molar-refractivity contribution in [3.8, 4) is 0 Å². The number of carboxylic acid groups (broad SMARTS) is 1. The fourth-order valence-corrected chi connectivity index (χ4v) is 0.580. The number of nitrogens with two attached hydrogens (primary N) is 1. The summed E-state index contributed by atoms with van der Waals surface area (Å²) in [5.74, 6) is -1.01. The van der Waals surface area contributed by atoms with E-state index in [1.54, 1.807) is 0 Å². The van der Waals surface area contributed by atoms with Crippen molar-refractivity contribution in [2.24, 2.45) is 5.73 Å². The Kier molecular flexibility index (Phi) is 5.73. The zero-order valence-corrected chi connectivity index (χ0v) is 6.45. The summed E-state index contributed by atoms with van der Waals surface area (Å²) >= 11 is 0. The summed E-state index contributed by atoms with van der Waals surface area (Å²) in [5, 5.41) is 8.49. The minimum absolute atomic E-state index is 0.0169. The summed E-state index contributed by atoms with van der Waals surface area (Å²) in [4.78, 5) is 10.4. The van der Waals surface area contributed by atoms with Gasteiger partial charge in [-0.25, -0.2) is 4.79 Å². The molecule has 3 N–H and O–H groups in total. The van der Waals surface area contributed by atoms with E-state index >= 15 is 0 Å². The zero-order chi connectivity index (χ0) is 8.69. The van der Waals surface area contributed by atoms with Crippen molar-refractivity contribution < 1.29 is 19.4 Å². The Morgan fingerprint density at radius 2 is 2.36 bits per heavy atom. The van der Waals surface area contributed by atoms with Crippen LogP contribution in [0.3, 0.4) is 0 Å². The maximum absolute atomic E-state index is 10.4. The van der Waals surface area contributed by atoms with Crippen LogP contribution in [-0.2, 0) is 14.3 Å². The van der Waals surface area contributed by atoms with E-state index in [0.717, 1.165) is 0 Å². The Labute approximate surface area is 65.1 Å². The minimum Gasteiger partial charge on any atom is -0.479 e. The van der Waals surface area contributed by atoms with Crippen molar-refractivity contribution in [3.05, 3.63) is 0 Å². The lowest BCUT2D eigenvalue weighted by Crippen LogP contribution is -2.27. The molecule has 0 aromatic heterocycles. The van der Waals surface area contributed by atoms with Crippen LogP contribution in [0.15, 0.2) is 0 Å². The van der Waals surface area contributed by atoms with Crippen molar-refractivity contribution in [1.29, 1.82) is 0 Å². The fourth-order valence-electron chi connectivity index (χ4n) is 0.580. The van der Waals surface area contributed by atoms with Crippen LogP contribution in [0.5, 0.6) is 0 Å². The standard InChI is InChI=1S/C6H13NO4/c1-10-4-11-5(2-3-7)6(8)9/h5H,2-4,7H2,1H3,(H,8,9)/t5-/m0/s1. The van der Waals surface area contributed by atoms with Crippen LogP contribution in [-0.4, -0.2) is 37.6 Å². The minimum atomic E-state index is -1.01. The monoisotopic (exact) mass is 163 g/mol. The highest BCUT2D eigenvalue weighted by Gasteiger charge is 2.15. The van der Waals surface area contributed by atoms with Gasteiger partial charge in [-0.1, -0.05) is 0 Å². The molecule has 0 heterocycles. The van der Waals surface area contributed by atoms with Gasteiger partial charge in [0.2, 0.25) is 0 Å². The third-order valence-electron chi connectivity index (χ3n) is 1.09.